The predicted molar refractivity (Wildman–Crippen MR) is 39.9 cm³/mol. The predicted octanol–water partition coefficient (Wildman–Crippen LogP) is 1.23. The maximum absolute atomic E-state index is 6.89. The van der Waals surface area contributed by atoms with E-state index in [0.717, 1.165) is 12.8 Å². The van der Waals surface area contributed by atoms with Crippen molar-refractivity contribution in [2.45, 2.75) is 38.2 Å². The van der Waals surface area contributed by atoms with Crippen LogP contribution in [0.4, 0.5) is 0 Å². The molecule has 1 aliphatic carbocycles. The van der Waals surface area contributed by atoms with Crippen LogP contribution in [0.3, 0.4) is 0 Å². The van der Waals surface area contributed by atoms with E-state index in [0.29, 0.717) is 0 Å². The topological polar surface area (TPSA) is 59.1 Å². The fourth-order valence-corrected chi connectivity index (χ4v) is 1.36. The summed E-state index contributed by atoms with van der Waals surface area (Å²) in [7, 11) is 0. The van der Waals surface area contributed by atoms with Gasteiger partial charge in [0.05, 0.1) is 0 Å². The average molecular weight is 142 g/mol. The third kappa shape index (κ3) is 2.25. The van der Waals surface area contributed by atoms with Gasteiger partial charge in [0, 0.05) is 0 Å². The number of ether oxygens (including phenoxy) is 1. The standard InChI is InChI=1S/C7H14N2O/c8-7(9)10-6-4-2-1-3-5-6/h6H,1-5H2,(H3,8,9). The van der Waals surface area contributed by atoms with Crippen LogP contribution in [-0.4, -0.2) is 12.1 Å². The summed E-state index contributed by atoms with van der Waals surface area (Å²) in [6.45, 7) is 0. The molecular formula is C7H14N2O. The SMILES string of the molecule is N=C(N)OC1CCCCC1. The number of nitrogens with two attached hydrogens (primary N) is 1. The van der Waals surface area contributed by atoms with Crippen LogP contribution in [0.5, 0.6) is 0 Å². The van der Waals surface area contributed by atoms with E-state index in [1.807, 2.05) is 0 Å². The molecule has 3 heteroatoms. The van der Waals surface area contributed by atoms with Gasteiger partial charge in [0.15, 0.2) is 0 Å². The highest BCUT2D eigenvalue weighted by Gasteiger charge is 2.14. The second-order valence-electron chi connectivity index (χ2n) is 2.74. The Kier molecular flexibility index (Phi) is 2.54. The molecule has 3 N–H and O–H groups in total. The molecule has 1 saturated carbocycles. The van der Waals surface area contributed by atoms with Crippen LogP contribution in [0.15, 0.2) is 0 Å². The van der Waals surface area contributed by atoms with Gasteiger partial charge >= 0.3 is 0 Å². The van der Waals surface area contributed by atoms with Gasteiger partial charge in [-0.3, -0.25) is 5.41 Å². The van der Waals surface area contributed by atoms with E-state index in [-0.39, 0.29) is 12.1 Å². The molecule has 0 amide bonds. The summed E-state index contributed by atoms with van der Waals surface area (Å²) in [5, 5.41) is 6.89. The summed E-state index contributed by atoms with van der Waals surface area (Å²) >= 11 is 0. The highest BCUT2D eigenvalue weighted by molar-refractivity contribution is 5.67. The third-order valence-corrected chi connectivity index (χ3v) is 1.85. The Morgan fingerprint density at radius 1 is 1.30 bits per heavy atom. The lowest BCUT2D eigenvalue weighted by atomic mass is 9.98. The zero-order chi connectivity index (χ0) is 7.40. The molecule has 1 aliphatic rings. The highest BCUT2D eigenvalue weighted by Crippen LogP contribution is 2.19. The molecule has 0 spiro atoms. The van der Waals surface area contributed by atoms with E-state index in [1.165, 1.54) is 19.3 Å². The van der Waals surface area contributed by atoms with Crippen molar-refractivity contribution in [2.24, 2.45) is 5.73 Å². The minimum atomic E-state index is -0.132. The van der Waals surface area contributed by atoms with Crippen molar-refractivity contribution in [3.8, 4) is 0 Å². The molecule has 1 rings (SSSR count). The summed E-state index contributed by atoms with van der Waals surface area (Å²) in [6, 6.07) is -0.132. The lowest BCUT2D eigenvalue weighted by Crippen LogP contribution is -2.25. The van der Waals surface area contributed by atoms with Crippen LogP contribution in [0, 0.1) is 5.41 Å². The van der Waals surface area contributed by atoms with Crippen LogP contribution in [-0.2, 0) is 4.74 Å². The van der Waals surface area contributed by atoms with Crippen molar-refractivity contribution in [1.82, 2.24) is 0 Å². The van der Waals surface area contributed by atoms with Crippen LogP contribution in [0.2, 0.25) is 0 Å². The summed E-state index contributed by atoms with van der Waals surface area (Å²) < 4.78 is 5.05. The lowest BCUT2D eigenvalue weighted by Gasteiger charge is -2.21. The number of hydrogen-bond donors (Lipinski definition) is 2. The van der Waals surface area contributed by atoms with E-state index < -0.39 is 0 Å². The minimum Gasteiger partial charge on any atom is -0.462 e. The molecule has 0 atom stereocenters. The molecule has 0 bridgehead atoms. The van der Waals surface area contributed by atoms with Crippen LogP contribution in [0.25, 0.3) is 0 Å². The molecule has 0 aromatic heterocycles. The zero-order valence-corrected chi connectivity index (χ0v) is 6.10. The van der Waals surface area contributed by atoms with Gasteiger partial charge in [-0.15, -0.1) is 0 Å². The second-order valence-corrected chi connectivity index (χ2v) is 2.74. The molecule has 0 unspecified atom stereocenters. The van der Waals surface area contributed by atoms with Crippen LogP contribution >= 0.6 is 0 Å². The van der Waals surface area contributed by atoms with E-state index >= 15 is 0 Å². The monoisotopic (exact) mass is 142 g/mol. The first kappa shape index (κ1) is 7.38. The Morgan fingerprint density at radius 2 is 1.90 bits per heavy atom. The molecule has 0 aromatic carbocycles. The maximum Gasteiger partial charge on any atom is 0.279 e. The quantitative estimate of drug-likeness (QED) is 0.427. The Bertz CT molecular complexity index is 119. The minimum absolute atomic E-state index is 0.132. The van der Waals surface area contributed by atoms with E-state index in [9.17, 15) is 0 Å². The molecule has 3 nitrogen and oxygen atoms in total. The molecule has 10 heavy (non-hydrogen) atoms. The molecule has 58 valence electrons. The van der Waals surface area contributed by atoms with Gasteiger partial charge in [-0.2, -0.15) is 0 Å². The average Bonchev–Trinajstić information content (AvgIpc) is 1.88. The lowest BCUT2D eigenvalue weighted by molar-refractivity contribution is 0.139. The van der Waals surface area contributed by atoms with Crippen molar-refractivity contribution in [3.05, 3.63) is 0 Å². The summed E-state index contributed by atoms with van der Waals surface area (Å²) in [5.41, 5.74) is 5.08. The normalized spacial score (nSPS) is 20.4. The zero-order valence-electron chi connectivity index (χ0n) is 6.10. The smallest absolute Gasteiger partial charge is 0.279 e. The third-order valence-electron chi connectivity index (χ3n) is 1.85. The molecule has 0 saturated heterocycles. The van der Waals surface area contributed by atoms with Gasteiger partial charge in [-0.05, 0) is 25.7 Å². The van der Waals surface area contributed by atoms with E-state index in [1.54, 1.807) is 0 Å². The molecule has 0 radical (unpaired) electrons. The molecule has 1 fully saturated rings. The molecule has 0 aromatic rings. The summed E-state index contributed by atoms with van der Waals surface area (Å²) in [5.74, 6) is 0. The number of amidine groups is 1. The second kappa shape index (κ2) is 3.44. The van der Waals surface area contributed by atoms with Crippen molar-refractivity contribution in [2.75, 3.05) is 0 Å². The van der Waals surface area contributed by atoms with Gasteiger partial charge in [0.25, 0.3) is 6.02 Å². The number of nitrogens with one attached hydrogen (secondary N) is 1. The maximum atomic E-state index is 6.89. The summed E-state index contributed by atoms with van der Waals surface area (Å²) in [4.78, 5) is 0. The van der Waals surface area contributed by atoms with E-state index in [4.69, 9.17) is 15.9 Å². The van der Waals surface area contributed by atoms with Crippen molar-refractivity contribution in [1.29, 1.82) is 5.41 Å². The first-order valence-corrected chi connectivity index (χ1v) is 3.79. The van der Waals surface area contributed by atoms with Gasteiger partial charge in [-0.1, -0.05) is 6.42 Å². The van der Waals surface area contributed by atoms with E-state index in [2.05, 4.69) is 0 Å². The molecular weight excluding hydrogens is 128 g/mol. The van der Waals surface area contributed by atoms with Crippen LogP contribution < -0.4 is 5.73 Å². The first-order valence-electron chi connectivity index (χ1n) is 3.79. The first-order chi connectivity index (χ1) is 4.79. The Labute approximate surface area is 61.1 Å². The molecule has 0 aliphatic heterocycles. The number of hydrogen-bond acceptors (Lipinski definition) is 2. The van der Waals surface area contributed by atoms with Gasteiger partial charge in [0.2, 0.25) is 0 Å². The van der Waals surface area contributed by atoms with Gasteiger partial charge < -0.3 is 10.5 Å². The van der Waals surface area contributed by atoms with Crippen molar-refractivity contribution < 1.29 is 4.74 Å². The Balaban J connectivity index is 2.19. The Hall–Kier alpha value is -0.730. The Morgan fingerprint density at radius 3 is 2.40 bits per heavy atom. The fraction of sp³-hybridized carbons (Fsp3) is 0.857. The van der Waals surface area contributed by atoms with Gasteiger partial charge in [-0.25, -0.2) is 0 Å². The highest BCUT2D eigenvalue weighted by atomic mass is 16.5. The summed E-state index contributed by atoms with van der Waals surface area (Å²) in [6.07, 6.45) is 6.11. The largest absolute Gasteiger partial charge is 0.462 e. The molecule has 0 heterocycles. The fourth-order valence-electron chi connectivity index (χ4n) is 1.36. The van der Waals surface area contributed by atoms with Gasteiger partial charge in [0.1, 0.15) is 6.10 Å². The number of rotatable bonds is 1. The van der Waals surface area contributed by atoms with Crippen molar-refractivity contribution >= 4 is 6.02 Å². The van der Waals surface area contributed by atoms with Crippen molar-refractivity contribution in [3.63, 3.8) is 0 Å². The van der Waals surface area contributed by atoms with Crippen LogP contribution in [0.1, 0.15) is 32.1 Å².